The largest absolute Gasteiger partial charge is 0.395 e. The lowest BCUT2D eigenvalue weighted by molar-refractivity contribution is -0.120. The third-order valence-corrected chi connectivity index (χ3v) is 2.04. The Kier molecular flexibility index (Phi) is 4.10. The van der Waals surface area contributed by atoms with Gasteiger partial charge in [0.05, 0.1) is 17.8 Å². The van der Waals surface area contributed by atoms with E-state index in [4.69, 9.17) is 11.0 Å². The zero-order chi connectivity index (χ0) is 13.8. The van der Waals surface area contributed by atoms with Crippen molar-refractivity contribution in [2.45, 2.75) is 26.3 Å². The molecule has 0 bridgehead atoms. The lowest BCUT2D eigenvalue weighted by Gasteiger charge is -2.20. The van der Waals surface area contributed by atoms with E-state index in [1.807, 2.05) is 26.8 Å². The maximum atomic E-state index is 11.6. The molecule has 0 aliphatic heterocycles. The Bertz CT molecular complexity index is 484. The Morgan fingerprint density at radius 2 is 2.22 bits per heavy atom. The van der Waals surface area contributed by atoms with Crippen molar-refractivity contribution in [1.29, 1.82) is 5.26 Å². The normalized spacial score (nSPS) is 10.6. The summed E-state index contributed by atoms with van der Waals surface area (Å²) in [6.45, 7) is 5.75. The standard InChI is InChI=1S/C12H17N5O/c1-12(2,3)17-9(18)7-16-11-10(14)8(6-13)4-5-15-11/h4-5H,7,14H2,1-3H3,(H,15,16)(H,17,18). The average Bonchev–Trinajstić information content (AvgIpc) is 2.25. The van der Waals surface area contributed by atoms with Gasteiger partial charge >= 0.3 is 0 Å². The maximum absolute atomic E-state index is 11.6. The van der Waals surface area contributed by atoms with Crippen molar-refractivity contribution in [1.82, 2.24) is 10.3 Å². The number of nitrogens with one attached hydrogen (secondary N) is 2. The maximum Gasteiger partial charge on any atom is 0.239 e. The second-order valence-corrected chi connectivity index (χ2v) is 4.88. The minimum absolute atomic E-state index is 0.0589. The van der Waals surface area contributed by atoms with E-state index in [2.05, 4.69) is 15.6 Å². The molecular formula is C12H17N5O. The molecule has 0 saturated carbocycles. The van der Waals surface area contributed by atoms with Crippen LogP contribution in [0.2, 0.25) is 0 Å². The van der Waals surface area contributed by atoms with Gasteiger partial charge in [-0.1, -0.05) is 0 Å². The first-order chi connectivity index (χ1) is 8.33. The SMILES string of the molecule is CC(C)(C)NC(=O)CNc1nccc(C#N)c1N. The number of pyridine rings is 1. The van der Waals surface area contributed by atoms with Gasteiger partial charge in [0.2, 0.25) is 5.91 Å². The first kappa shape index (κ1) is 13.8. The van der Waals surface area contributed by atoms with Gasteiger partial charge in [0.1, 0.15) is 6.07 Å². The number of aromatic nitrogens is 1. The van der Waals surface area contributed by atoms with Crippen molar-refractivity contribution in [3.63, 3.8) is 0 Å². The van der Waals surface area contributed by atoms with Crippen LogP contribution < -0.4 is 16.4 Å². The number of nitrogens with two attached hydrogens (primary N) is 1. The van der Waals surface area contributed by atoms with Gasteiger partial charge in [0.25, 0.3) is 0 Å². The van der Waals surface area contributed by atoms with E-state index in [0.29, 0.717) is 11.4 Å². The van der Waals surface area contributed by atoms with Gasteiger partial charge in [-0.05, 0) is 26.8 Å². The first-order valence-electron chi connectivity index (χ1n) is 5.53. The van der Waals surface area contributed by atoms with E-state index in [0.717, 1.165) is 0 Å². The summed E-state index contributed by atoms with van der Waals surface area (Å²) in [4.78, 5) is 15.6. The summed E-state index contributed by atoms with van der Waals surface area (Å²) in [5, 5.41) is 14.4. The van der Waals surface area contributed by atoms with Gasteiger partial charge in [-0.3, -0.25) is 4.79 Å². The molecule has 6 nitrogen and oxygen atoms in total. The summed E-state index contributed by atoms with van der Waals surface area (Å²) < 4.78 is 0. The van der Waals surface area contributed by atoms with Crippen LogP contribution in [0.25, 0.3) is 0 Å². The van der Waals surface area contributed by atoms with Crippen molar-refractivity contribution >= 4 is 17.4 Å². The monoisotopic (exact) mass is 247 g/mol. The molecule has 0 saturated heterocycles. The van der Waals surface area contributed by atoms with Crippen LogP contribution in [0.15, 0.2) is 12.3 Å². The van der Waals surface area contributed by atoms with Crippen LogP contribution in [0.3, 0.4) is 0 Å². The molecule has 0 aliphatic rings. The van der Waals surface area contributed by atoms with Crippen LogP contribution in [-0.4, -0.2) is 23.0 Å². The zero-order valence-corrected chi connectivity index (χ0v) is 10.7. The lowest BCUT2D eigenvalue weighted by atomic mass is 10.1. The number of nitriles is 1. The summed E-state index contributed by atoms with van der Waals surface area (Å²) >= 11 is 0. The van der Waals surface area contributed by atoms with E-state index in [9.17, 15) is 4.79 Å². The summed E-state index contributed by atoms with van der Waals surface area (Å²) in [5.74, 6) is 0.184. The van der Waals surface area contributed by atoms with E-state index in [1.165, 1.54) is 12.3 Å². The fourth-order valence-electron chi connectivity index (χ4n) is 1.34. The number of nitrogens with zero attached hydrogens (tertiary/aromatic N) is 2. The fourth-order valence-corrected chi connectivity index (χ4v) is 1.34. The molecule has 4 N–H and O–H groups in total. The Morgan fingerprint density at radius 3 is 2.78 bits per heavy atom. The van der Waals surface area contributed by atoms with E-state index < -0.39 is 0 Å². The number of anilines is 2. The van der Waals surface area contributed by atoms with Crippen molar-refractivity contribution in [2.75, 3.05) is 17.6 Å². The van der Waals surface area contributed by atoms with Crippen LogP contribution >= 0.6 is 0 Å². The third kappa shape index (κ3) is 3.94. The smallest absolute Gasteiger partial charge is 0.239 e. The molecule has 0 atom stereocenters. The minimum atomic E-state index is -0.285. The number of hydrogen-bond acceptors (Lipinski definition) is 5. The van der Waals surface area contributed by atoms with Gasteiger partial charge in [-0.2, -0.15) is 5.26 Å². The number of carbonyl (C=O) groups excluding carboxylic acids is 1. The number of rotatable bonds is 3. The molecule has 0 fully saturated rings. The molecule has 0 aromatic carbocycles. The molecule has 18 heavy (non-hydrogen) atoms. The highest BCUT2D eigenvalue weighted by Crippen LogP contribution is 2.18. The molecule has 1 rings (SSSR count). The molecule has 1 aromatic heterocycles. The van der Waals surface area contributed by atoms with Crippen molar-refractivity contribution in [3.05, 3.63) is 17.8 Å². The Hall–Kier alpha value is -2.29. The minimum Gasteiger partial charge on any atom is -0.395 e. The van der Waals surface area contributed by atoms with E-state index >= 15 is 0 Å². The summed E-state index contributed by atoms with van der Waals surface area (Å²) in [6.07, 6.45) is 1.47. The predicted octanol–water partition coefficient (Wildman–Crippen LogP) is 0.862. The molecule has 0 unspecified atom stereocenters. The lowest BCUT2D eigenvalue weighted by Crippen LogP contribution is -2.43. The van der Waals surface area contributed by atoms with Crippen LogP contribution in [0.5, 0.6) is 0 Å². The second kappa shape index (κ2) is 5.36. The zero-order valence-electron chi connectivity index (χ0n) is 10.7. The van der Waals surface area contributed by atoms with Crippen LogP contribution in [0.1, 0.15) is 26.3 Å². The predicted molar refractivity (Wildman–Crippen MR) is 69.7 cm³/mol. The van der Waals surface area contributed by atoms with Gasteiger partial charge in [0.15, 0.2) is 5.82 Å². The van der Waals surface area contributed by atoms with Crippen molar-refractivity contribution in [3.8, 4) is 6.07 Å². The quantitative estimate of drug-likeness (QED) is 0.735. The van der Waals surface area contributed by atoms with Crippen LogP contribution in [0.4, 0.5) is 11.5 Å². The molecule has 0 spiro atoms. The van der Waals surface area contributed by atoms with Gasteiger partial charge in [0, 0.05) is 11.7 Å². The summed E-state index contributed by atoms with van der Waals surface area (Å²) in [5.41, 5.74) is 6.03. The molecule has 96 valence electrons. The Morgan fingerprint density at radius 1 is 1.56 bits per heavy atom. The Balaban J connectivity index is 2.65. The average molecular weight is 247 g/mol. The van der Waals surface area contributed by atoms with E-state index in [-0.39, 0.29) is 23.7 Å². The molecule has 0 aliphatic carbocycles. The van der Waals surface area contributed by atoms with Crippen LogP contribution in [0, 0.1) is 11.3 Å². The van der Waals surface area contributed by atoms with Gasteiger partial charge < -0.3 is 16.4 Å². The molecule has 1 aromatic rings. The fraction of sp³-hybridized carbons (Fsp3) is 0.417. The van der Waals surface area contributed by atoms with Gasteiger partial charge in [-0.25, -0.2) is 4.98 Å². The molecule has 1 heterocycles. The first-order valence-corrected chi connectivity index (χ1v) is 5.53. The highest BCUT2D eigenvalue weighted by Gasteiger charge is 2.14. The number of nitrogen functional groups attached to an aromatic ring is 1. The van der Waals surface area contributed by atoms with Crippen LogP contribution in [-0.2, 0) is 4.79 Å². The topological polar surface area (TPSA) is 104 Å². The van der Waals surface area contributed by atoms with Crippen molar-refractivity contribution in [2.24, 2.45) is 0 Å². The molecule has 0 radical (unpaired) electrons. The molecule has 6 heteroatoms. The summed E-state index contributed by atoms with van der Waals surface area (Å²) in [6, 6.07) is 3.48. The number of hydrogen-bond donors (Lipinski definition) is 3. The number of carbonyl (C=O) groups is 1. The highest BCUT2D eigenvalue weighted by atomic mass is 16.2. The summed E-state index contributed by atoms with van der Waals surface area (Å²) in [7, 11) is 0. The van der Waals surface area contributed by atoms with E-state index in [1.54, 1.807) is 0 Å². The Labute approximate surface area is 106 Å². The highest BCUT2D eigenvalue weighted by molar-refractivity contribution is 5.82. The molecular weight excluding hydrogens is 230 g/mol. The van der Waals surface area contributed by atoms with Crippen molar-refractivity contribution < 1.29 is 4.79 Å². The number of amides is 1. The third-order valence-electron chi connectivity index (χ3n) is 2.04. The second-order valence-electron chi connectivity index (χ2n) is 4.88. The van der Waals surface area contributed by atoms with Gasteiger partial charge in [-0.15, -0.1) is 0 Å². The molecule has 1 amide bonds.